The topological polar surface area (TPSA) is 42.5 Å². The summed E-state index contributed by atoms with van der Waals surface area (Å²) in [6, 6.07) is 9.80. The standard InChI is InChI=1S/C18H19ClN4O/c1-21-8-2-4-15(21)16-5-3-9-22(16)12-14-10-18(24)23-11-13(19)6-7-17(23)20-14/h2,4,6-8,10-11,16H,3,5,9,12H2,1H3. The number of fused-ring (bicyclic) bond motifs is 1. The number of pyridine rings is 1. The molecule has 24 heavy (non-hydrogen) atoms. The minimum Gasteiger partial charge on any atom is -0.353 e. The molecule has 0 saturated carbocycles. The van der Waals surface area contributed by atoms with Crippen LogP contribution in [0.15, 0.2) is 47.5 Å². The predicted octanol–water partition coefficient (Wildman–Crippen LogP) is 3.02. The summed E-state index contributed by atoms with van der Waals surface area (Å²) in [4.78, 5) is 19.4. The minimum absolute atomic E-state index is 0.0906. The number of rotatable bonds is 3. The van der Waals surface area contributed by atoms with E-state index < -0.39 is 0 Å². The summed E-state index contributed by atoms with van der Waals surface area (Å²) in [5.74, 6) is 0. The van der Waals surface area contributed by atoms with E-state index in [1.807, 2.05) is 0 Å². The monoisotopic (exact) mass is 342 g/mol. The molecule has 0 amide bonds. The van der Waals surface area contributed by atoms with Gasteiger partial charge in [-0.2, -0.15) is 0 Å². The zero-order valence-corrected chi connectivity index (χ0v) is 14.3. The van der Waals surface area contributed by atoms with Gasteiger partial charge in [-0.25, -0.2) is 4.98 Å². The van der Waals surface area contributed by atoms with E-state index in [2.05, 4.69) is 39.8 Å². The Hall–Kier alpha value is -2.11. The highest BCUT2D eigenvalue weighted by Crippen LogP contribution is 2.32. The van der Waals surface area contributed by atoms with Gasteiger partial charge in [-0.3, -0.25) is 14.1 Å². The number of hydrogen-bond acceptors (Lipinski definition) is 3. The molecule has 1 saturated heterocycles. The molecule has 5 nitrogen and oxygen atoms in total. The lowest BCUT2D eigenvalue weighted by Gasteiger charge is -2.24. The normalized spacial score (nSPS) is 18.5. The molecule has 3 aromatic heterocycles. The Labute approximate surface area is 145 Å². The fraction of sp³-hybridized carbons (Fsp3) is 0.333. The molecule has 0 spiro atoms. The fourth-order valence-electron chi connectivity index (χ4n) is 3.59. The van der Waals surface area contributed by atoms with E-state index in [0.29, 0.717) is 23.3 Å². The summed E-state index contributed by atoms with van der Waals surface area (Å²) in [5.41, 5.74) is 2.67. The van der Waals surface area contributed by atoms with E-state index in [0.717, 1.165) is 25.1 Å². The first kappa shape index (κ1) is 15.4. The lowest BCUT2D eigenvalue weighted by Crippen LogP contribution is -2.26. The molecule has 1 unspecified atom stereocenters. The van der Waals surface area contributed by atoms with Crippen molar-refractivity contribution in [1.82, 2.24) is 18.9 Å². The molecule has 0 aliphatic carbocycles. The van der Waals surface area contributed by atoms with Crippen LogP contribution < -0.4 is 5.56 Å². The summed E-state index contributed by atoms with van der Waals surface area (Å²) >= 11 is 5.96. The maximum Gasteiger partial charge on any atom is 0.258 e. The van der Waals surface area contributed by atoms with E-state index in [-0.39, 0.29) is 5.56 Å². The molecule has 0 bridgehead atoms. The molecule has 1 atom stereocenters. The smallest absolute Gasteiger partial charge is 0.258 e. The first-order valence-electron chi connectivity index (χ1n) is 8.15. The lowest BCUT2D eigenvalue weighted by molar-refractivity contribution is 0.238. The van der Waals surface area contributed by atoms with Crippen molar-refractivity contribution in [3.05, 3.63) is 69.5 Å². The van der Waals surface area contributed by atoms with Crippen LogP contribution >= 0.6 is 11.6 Å². The third-order valence-corrected chi connectivity index (χ3v) is 4.95. The average Bonchev–Trinajstić information content (AvgIpc) is 3.16. The molecule has 4 rings (SSSR count). The predicted molar refractivity (Wildman–Crippen MR) is 94.3 cm³/mol. The summed E-state index contributed by atoms with van der Waals surface area (Å²) < 4.78 is 3.66. The third kappa shape index (κ3) is 2.74. The van der Waals surface area contributed by atoms with E-state index in [1.54, 1.807) is 24.4 Å². The van der Waals surface area contributed by atoms with Crippen LogP contribution in [-0.4, -0.2) is 25.4 Å². The Balaban J connectivity index is 1.65. The highest BCUT2D eigenvalue weighted by atomic mass is 35.5. The van der Waals surface area contributed by atoms with Crippen LogP contribution in [0, 0.1) is 0 Å². The molecule has 1 aliphatic heterocycles. The maximum atomic E-state index is 12.3. The Morgan fingerprint density at radius 3 is 3.00 bits per heavy atom. The second-order valence-electron chi connectivity index (χ2n) is 6.33. The number of likely N-dealkylation sites (tertiary alicyclic amines) is 1. The van der Waals surface area contributed by atoms with Gasteiger partial charge >= 0.3 is 0 Å². The van der Waals surface area contributed by atoms with Crippen LogP contribution in [0.4, 0.5) is 0 Å². The van der Waals surface area contributed by atoms with Gasteiger partial charge in [0.15, 0.2) is 0 Å². The van der Waals surface area contributed by atoms with Crippen LogP contribution in [0.5, 0.6) is 0 Å². The van der Waals surface area contributed by atoms with Crippen molar-refractivity contribution in [2.24, 2.45) is 7.05 Å². The molecular weight excluding hydrogens is 324 g/mol. The van der Waals surface area contributed by atoms with Crippen molar-refractivity contribution >= 4 is 17.2 Å². The van der Waals surface area contributed by atoms with Crippen molar-refractivity contribution in [1.29, 1.82) is 0 Å². The first-order valence-corrected chi connectivity index (χ1v) is 8.53. The molecule has 0 aromatic carbocycles. The Morgan fingerprint density at radius 1 is 1.33 bits per heavy atom. The van der Waals surface area contributed by atoms with Crippen LogP contribution in [0.1, 0.15) is 30.3 Å². The number of hydrogen-bond donors (Lipinski definition) is 0. The van der Waals surface area contributed by atoms with Crippen molar-refractivity contribution < 1.29 is 0 Å². The zero-order chi connectivity index (χ0) is 16.7. The van der Waals surface area contributed by atoms with Gasteiger partial charge in [0.2, 0.25) is 0 Å². The van der Waals surface area contributed by atoms with Gasteiger partial charge in [-0.15, -0.1) is 0 Å². The van der Waals surface area contributed by atoms with E-state index in [4.69, 9.17) is 11.6 Å². The summed E-state index contributed by atoms with van der Waals surface area (Å²) in [7, 11) is 2.08. The van der Waals surface area contributed by atoms with Crippen LogP contribution in [0.3, 0.4) is 0 Å². The number of aryl methyl sites for hydroxylation is 1. The number of nitrogens with zero attached hydrogens (tertiary/aromatic N) is 4. The molecule has 0 radical (unpaired) electrons. The SMILES string of the molecule is Cn1cccc1C1CCCN1Cc1cc(=O)n2cc(Cl)ccc2n1. The van der Waals surface area contributed by atoms with Crippen molar-refractivity contribution in [3.63, 3.8) is 0 Å². The quantitative estimate of drug-likeness (QED) is 0.734. The van der Waals surface area contributed by atoms with Gasteiger partial charge in [0, 0.05) is 37.7 Å². The molecule has 3 aromatic rings. The second-order valence-corrected chi connectivity index (χ2v) is 6.77. The lowest BCUT2D eigenvalue weighted by atomic mass is 10.1. The van der Waals surface area contributed by atoms with Gasteiger partial charge in [-0.05, 0) is 43.7 Å². The van der Waals surface area contributed by atoms with E-state index >= 15 is 0 Å². The Morgan fingerprint density at radius 2 is 2.21 bits per heavy atom. The van der Waals surface area contributed by atoms with Crippen LogP contribution in [-0.2, 0) is 13.6 Å². The molecule has 4 heterocycles. The van der Waals surface area contributed by atoms with Crippen molar-refractivity contribution in [2.45, 2.75) is 25.4 Å². The third-order valence-electron chi connectivity index (χ3n) is 4.73. The van der Waals surface area contributed by atoms with Gasteiger partial charge in [0.1, 0.15) is 5.65 Å². The van der Waals surface area contributed by atoms with Crippen molar-refractivity contribution in [3.8, 4) is 0 Å². The largest absolute Gasteiger partial charge is 0.353 e. The highest BCUT2D eigenvalue weighted by Gasteiger charge is 2.27. The van der Waals surface area contributed by atoms with E-state index in [9.17, 15) is 4.79 Å². The summed E-state index contributed by atoms with van der Waals surface area (Å²) in [6.45, 7) is 1.71. The minimum atomic E-state index is -0.0906. The Bertz CT molecular complexity index is 946. The molecule has 124 valence electrons. The highest BCUT2D eigenvalue weighted by molar-refractivity contribution is 6.30. The molecule has 1 aliphatic rings. The fourth-order valence-corrected chi connectivity index (χ4v) is 3.75. The van der Waals surface area contributed by atoms with Gasteiger partial charge in [-0.1, -0.05) is 11.6 Å². The van der Waals surface area contributed by atoms with E-state index in [1.165, 1.54) is 10.1 Å². The summed E-state index contributed by atoms with van der Waals surface area (Å²) in [5, 5.41) is 0.530. The van der Waals surface area contributed by atoms with Gasteiger partial charge in [0.25, 0.3) is 5.56 Å². The molecule has 0 N–H and O–H groups in total. The van der Waals surface area contributed by atoms with Gasteiger partial charge in [0.05, 0.1) is 16.8 Å². The number of aromatic nitrogens is 3. The molecular formula is C18H19ClN4O. The number of halogens is 1. The van der Waals surface area contributed by atoms with Crippen LogP contribution in [0.25, 0.3) is 5.65 Å². The van der Waals surface area contributed by atoms with Gasteiger partial charge < -0.3 is 4.57 Å². The average molecular weight is 343 g/mol. The van der Waals surface area contributed by atoms with Crippen LogP contribution in [0.2, 0.25) is 5.02 Å². The first-order chi connectivity index (χ1) is 11.6. The summed E-state index contributed by atoms with van der Waals surface area (Å²) in [6.07, 6.45) is 5.99. The van der Waals surface area contributed by atoms with Crippen molar-refractivity contribution in [2.75, 3.05) is 6.54 Å². The maximum absolute atomic E-state index is 12.3. The second kappa shape index (κ2) is 6.07. The zero-order valence-electron chi connectivity index (χ0n) is 13.5. The molecule has 1 fully saturated rings. The Kier molecular flexibility index (Phi) is 3.90. The molecule has 6 heteroatoms.